The Hall–Kier alpha value is -1.46. The quantitative estimate of drug-likeness (QED) is 0.797. The molecule has 20 heavy (non-hydrogen) atoms. The van der Waals surface area contributed by atoms with Crippen LogP contribution in [0.5, 0.6) is 0 Å². The molecule has 2 rings (SSSR count). The summed E-state index contributed by atoms with van der Waals surface area (Å²) in [6.07, 6.45) is -2.48. The first-order chi connectivity index (χ1) is 9.52. The maximum atomic E-state index is 14.5. The molecule has 0 spiro atoms. The van der Waals surface area contributed by atoms with E-state index in [0.29, 0.717) is 12.0 Å². The van der Waals surface area contributed by atoms with Crippen molar-refractivity contribution in [1.29, 1.82) is 0 Å². The van der Waals surface area contributed by atoms with Gasteiger partial charge in [-0.3, -0.25) is 0 Å². The topological polar surface area (TPSA) is 44.8 Å². The molecule has 0 aliphatic carbocycles. The third-order valence-electron chi connectivity index (χ3n) is 3.58. The van der Waals surface area contributed by atoms with Crippen molar-refractivity contribution in [3.8, 4) is 0 Å². The molecule has 0 radical (unpaired) electrons. The molecule has 5 heteroatoms. The molecule has 0 N–H and O–H groups in total. The summed E-state index contributed by atoms with van der Waals surface area (Å²) in [5, 5.41) is 0. The zero-order chi connectivity index (χ0) is 14.8. The van der Waals surface area contributed by atoms with Crippen LogP contribution in [0.2, 0.25) is 0 Å². The first-order valence-electron chi connectivity index (χ1n) is 6.63. The highest BCUT2D eigenvalue weighted by Gasteiger charge is 2.57. The predicted molar refractivity (Wildman–Crippen MR) is 71.1 cm³/mol. The molecular weight excluding hydrogens is 263 g/mol. The van der Waals surface area contributed by atoms with Gasteiger partial charge in [0.2, 0.25) is 6.29 Å². The second-order valence-corrected chi connectivity index (χ2v) is 4.99. The Morgan fingerprint density at radius 3 is 2.60 bits per heavy atom. The zero-order valence-electron chi connectivity index (χ0n) is 11.8. The first-order valence-corrected chi connectivity index (χ1v) is 6.63. The highest BCUT2D eigenvalue weighted by molar-refractivity contribution is 5.89. The van der Waals surface area contributed by atoms with E-state index in [0.717, 1.165) is 0 Å². The molecule has 4 atom stereocenters. The summed E-state index contributed by atoms with van der Waals surface area (Å²) < 4.78 is 30.4. The molecule has 1 aromatic rings. The molecule has 1 aromatic carbocycles. The lowest BCUT2D eigenvalue weighted by Crippen LogP contribution is -2.48. The number of halogens is 1. The lowest BCUT2D eigenvalue weighted by Gasteiger charge is -2.30. The number of carbonyl (C=O) groups excluding carboxylic acids is 1. The van der Waals surface area contributed by atoms with Crippen LogP contribution in [0.4, 0.5) is 4.39 Å². The minimum atomic E-state index is -1.44. The predicted octanol–water partition coefficient (Wildman–Crippen LogP) is 2.72. The molecular formula is C15H19FO4. The maximum Gasteiger partial charge on any atom is 0.338 e. The van der Waals surface area contributed by atoms with E-state index in [1.807, 2.05) is 6.92 Å². The SMILES string of the molecule is CC[C@H]1O[C@@H](OC)[C@](C)(OC(=O)c2ccccc2)[C@@H]1F. The van der Waals surface area contributed by atoms with E-state index >= 15 is 0 Å². The molecule has 4 nitrogen and oxygen atoms in total. The highest BCUT2D eigenvalue weighted by Crippen LogP contribution is 2.38. The number of ether oxygens (including phenoxy) is 3. The summed E-state index contributed by atoms with van der Waals surface area (Å²) >= 11 is 0. The lowest BCUT2D eigenvalue weighted by molar-refractivity contribution is -0.184. The van der Waals surface area contributed by atoms with E-state index in [1.165, 1.54) is 14.0 Å². The summed E-state index contributed by atoms with van der Waals surface area (Å²) in [7, 11) is 1.41. The average molecular weight is 282 g/mol. The van der Waals surface area contributed by atoms with E-state index in [2.05, 4.69) is 0 Å². The van der Waals surface area contributed by atoms with Crippen LogP contribution in [-0.2, 0) is 14.2 Å². The molecule has 1 heterocycles. The van der Waals surface area contributed by atoms with Crippen molar-refractivity contribution in [3.63, 3.8) is 0 Å². The highest BCUT2D eigenvalue weighted by atomic mass is 19.1. The zero-order valence-corrected chi connectivity index (χ0v) is 11.8. The Morgan fingerprint density at radius 2 is 2.05 bits per heavy atom. The molecule has 110 valence electrons. The Kier molecular flexibility index (Phi) is 4.40. The van der Waals surface area contributed by atoms with Crippen molar-refractivity contribution in [2.75, 3.05) is 7.11 Å². The van der Waals surface area contributed by atoms with Crippen molar-refractivity contribution in [2.24, 2.45) is 0 Å². The normalized spacial score (nSPS) is 33.1. The Balaban J connectivity index is 2.19. The van der Waals surface area contributed by atoms with E-state index in [9.17, 15) is 9.18 Å². The van der Waals surface area contributed by atoms with E-state index in [1.54, 1.807) is 30.3 Å². The van der Waals surface area contributed by atoms with Gasteiger partial charge >= 0.3 is 5.97 Å². The second kappa shape index (κ2) is 5.89. The van der Waals surface area contributed by atoms with E-state index in [4.69, 9.17) is 14.2 Å². The Bertz CT molecular complexity index is 460. The minimum Gasteiger partial charge on any atom is -0.447 e. The molecule has 0 aromatic heterocycles. The van der Waals surface area contributed by atoms with Gasteiger partial charge in [0.1, 0.15) is 0 Å². The molecule has 0 bridgehead atoms. The van der Waals surface area contributed by atoms with Crippen LogP contribution >= 0.6 is 0 Å². The average Bonchev–Trinajstić information content (AvgIpc) is 2.71. The number of esters is 1. The van der Waals surface area contributed by atoms with Gasteiger partial charge in [-0.25, -0.2) is 9.18 Å². The summed E-state index contributed by atoms with van der Waals surface area (Å²) in [5.41, 5.74) is -1.07. The Labute approximate surface area is 117 Å². The van der Waals surface area contributed by atoms with Gasteiger partial charge in [0.05, 0.1) is 11.7 Å². The van der Waals surface area contributed by atoms with Crippen LogP contribution < -0.4 is 0 Å². The summed E-state index contributed by atoms with van der Waals surface area (Å²) in [6.45, 7) is 3.32. The van der Waals surface area contributed by atoms with E-state index < -0.39 is 30.1 Å². The summed E-state index contributed by atoms with van der Waals surface area (Å²) in [6, 6.07) is 8.47. The number of rotatable bonds is 4. The van der Waals surface area contributed by atoms with Crippen molar-refractivity contribution < 1.29 is 23.4 Å². The van der Waals surface area contributed by atoms with Crippen molar-refractivity contribution in [2.45, 2.75) is 44.4 Å². The monoisotopic (exact) mass is 282 g/mol. The van der Waals surface area contributed by atoms with Gasteiger partial charge in [-0.05, 0) is 25.5 Å². The molecule has 1 aliphatic rings. The van der Waals surface area contributed by atoms with Gasteiger partial charge in [0.25, 0.3) is 0 Å². The van der Waals surface area contributed by atoms with Crippen LogP contribution in [-0.4, -0.2) is 37.2 Å². The van der Waals surface area contributed by atoms with Crippen molar-refractivity contribution >= 4 is 5.97 Å². The standard InChI is InChI=1S/C15H19FO4/c1-4-11-12(16)15(2,14(18-3)19-11)20-13(17)10-8-6-5-7-9-10/h5-9,11-12,14H,4H2,1-3H3/t11-,12-,14-,15-/m1/s1. The number of hydrogen-bond acceptors (Lipinski definition) is 4. The Morgan fingerprint density at radius 1 is 1.40 bits per heavy atom. The molecule has 0 amide bonds. The fraction of sp³-hybridized carbons (Fsp3) is 0.533. The van der Waals surface area contributed by atoms with Gasteiger partial charge in [-0.2, -0.15) is 0 Å². The van der Waals surface area contributed by atoms with Crippen LogP contribution in [0, 0.1) is 0 Å². The van der Waals surface area contributed by atoms with Crippen LogP contribution in [0.3, 0.4) is 0 Å². The first kappa shape index (κ1) is 14.9. The van der Waals surface area contributed by atoms with Gasteiger partial charge in [0, 0.05) is 7.11 Å². The molecule has 1 aliphatic heterocycles. The van der Waals surface area contributed by atoms with Gasteiger partial charge in [-0.1, -0.05) is 25.1 Å². The number of carbonyl (C=O) groups is 1. The van der Waals surface area contributed by atoms with Crippen molar-refractivity contribution in [3.05, 3.63) is 35.9 Å². The van der Waals surface area contributed by atoms with E-state index in [-0.39, 0.29) is 0 Å². The second-order valence-electron chi connectivity index (χ2n) is 4.99. The molecule has 1 fully saturated rings. The maximum absolute atomic E-state index is 14.5. The third-order valence-corrected chi connectivity index (χ3v) is 3.58. The smallest absolute Gasteiger partial charge is 0.338 e. The molecule has 1 saturated heterocycles. The fourth-order valence-electron chi connectivity index (χ4n) is 2.39. The van der Waals surface area contributed by atoms with Gasteiger partial charge in [0.15, 0.2) is 11.8 Å². The number of alkyl halides is 1. The van der Waals surface area contributed by atoms with Crippen LogP contribution in [0.1, 0.15) is 30.6 Å². The summed E-state index contributed by atoms with van der Waals surface area (Å²) in [4.78, 5) is 12.1. The van der Waals surface area contributed by atoms with Crippen molar-refractivity contribution in [1.82, 2.24) is 0 Å². The number of methoxy groups -OCH3 is 1. The number of hydrogen-bond donors (Lipinski definition) is 0. The molecule has 0 saturated carbocycles. The lowest BCUT2D eigenvalue weighted by atomic mass is 9.97. The molecule has 0 unspecified atom stereocenters. The fourth-order valence-corrected chi connectivity index (χ4v) is 2.39. The number of benzene rings is 1. The van der Waals surface area contributed by atoms with Gasteiger partial charge < -0.3 is 14.2 Å². The summed E-state index contributed by atoms with van der Waals surface area (Å²) in [5.74, 6) is -0.585. The van der Waals surface area contributed by atoms with Crippen LogP contribution in [0.15, 0.2) is 30.3 Å². The largest absolute Gasteiger partial charge is 0.447 e. The van der Waals surface area contributed by atoms with Crippen LogP contribution in [0.25, 0.3) is 0 Å². The third kappa shape index (κ3) is 2.55. The minimum absolute atomic E-state index is 0.371. The van der Waals surface area contributed by atoms with Gasteiger partial charge in [-0.15, -0.1) is 0 Å².